The number of rotatable bonds is 1. The largest absolute Gasteiger partial charge is 0.198 e. The molecule has 0 bridgehead atoms. The molecule has 0 unspecified atom stereocenters. The Labute approximate surface area is 92.9 Å². The zero-order valence-corrected chi connectivity index (χ0v) is 9.45. The fraction of sp³-hybridized carbons (Fsp3) is 0.100. The topological polar surface area (TPSA) is 23.8 Å². The summed E-state index contributed by atoms with van der Waals surface area (Å²) < 4.78 is 14.7. The van der Waals surface area contributed by atoms with E-state index >= 15 is 0 Å². The average molecular weight is 270 g/mol. The van der Waals surface area contributed by atoms with Crippen molar-refractivity contribution < 1.29 is 4.39 Å². The van der Waals surface area contributed by atoms with E-state index in [4.69, 9.17) is 5.26 Å². The fourth-order valence-corrected chi connectivity index (χ4v) is 2.62. The molecule has 1 heterocycles. The van der Waals surface area contributed by atoms with Crippen molar-refractivity contribution in [2.75, 3.05) is 0 Å². The van der Waals surface area contributed by atoms with Crippen molar-refractivity contribution in [1.82, 2.24) is 0 Å². The van der Waals surface area contributed by atoms with Gasteiger partial charge in [0.25, 0.3) is 0 Å². The molecule has 2 aromatic rings. The van der Waals surface area contributed by atoms with Crippen molar-refractivity contribution in [3.05, 3.63) is 33.4 Å². The molecule has 2 rings (SSSR count). The molecule has 0 radical (unpaired) electrons. The third-order valence-electron chi connectivity index (χ3n) is 1.92. The van der Waals surface area contributed by atoms with Crippen LogP contribution in [0.15, 0.2) is 22.7 Å². The highest BCUT2D eigenvalue weighted by Gasteiger charge is 2.06. The number of hydrogen-bond acceptors (Lipinski definition) is 2. The first-order valence-corrected chi connectivity index (χ1v) is 5.56. The van der Waals surface area contributed by atoms with E-state index in [1.165, 1.54) is 6.07 Å². The molecule has 0 atom stereocenters. The Kier molecular flexibility index (Phi) is 2.53. The molecular formula is C10H5BrFNS. The van der Waals surface area contributed by atoms with Crippen LogP contribution in [0.2, 0.25) is 0 Å². The van der Waals surface area contributed by atoms with Gasteiger partial charge in [-0.3, -0.25) is 0 Å². The molecule has 0 saturated heterocycles. The number of benzene rings is 1. The van der Waals surface area contributed by atoms with Gasteiger partial charge in [-0.2, -0.15) is 9.65 Å². The van der Waals surface area contributed by atoms with E-state index in [-0.39, 0.29) is 5.13 Å². The highest BCUT2D eigenvalue weighted by atomic mass is 79.9. The lowest BCUT2D eigenvalue weighted by atomic mass is 10.1. The van der Waals surface area contributed by atoms with Gasteiger partial charge in [0.2, 0.25) is 0 Å². The van der Waals surface area contributed by atoms with Crippen molar-refractivity contribution >= 4 is 37.4 Å². The molecule has 70 valence electrons. The third-order valence-corrected chi connectivity index (χ3v) is 3.55. The second-order valence-electron chi connectivity index (χ2n) is 2.87. The van der Waals surface area contributed by atoms with Crippen LogP contribution in [0.1, 0.15) is 5.56 Å². The smallest absolute Gasteiger partial charge is 0.177 e. The van der Waals surface area contributed by atoms with E-state index in [0.717, 1.165) is 31.5 Å². The van der Waals surface area contributed by atoms with Gasteiger partial charge in [-0.1, -0.05) is 15.9 Å². The molecule has 1 aromatic carbocycles. The van der Waals surface area contributed by atoms with E-state index in [2.05, 4.69) is 22.0 Å². The van der Waals surface area contributed by atoms with Crippen LogP contribution in [0.3, 0.4) is 0 Å². The summed E-state index contributed by atoms with van der Waals surface area (Å²) in [6.07, 6.45) is 0.343. The van der Waals surface area contributed by atoms with Crippen molar-refractivity contribution in [3.8, 4) is 6.07 Å². The summed E-state index contributed by atoms with van der Waals surface area (Å²) >= 11 is 4.46. The van der Waals surface area contributed by atoms with E-state index in [9.17, 15) is 4.39 Å². The van der Waals surface area contributed by atoms with Gasteiger partial charge >= 0.3 is 0 Å². The molecule has 0 aliphatic carbocycles. The number of nitrogens with zero attached hydrogens (tertiary/aromatic N) is 1. The van der Waals surface area contributed by atoms with Crippen molar-refractivity contribution in [2.45, 2.75) is 6.42 Å². The molecule has 0 N–H and O–H groups in total. The molecule has 14 heavy (non-hydrogen) atoms. The van der Waals surface area contributed by atoms with E-state index < -0.39 is 0 Å². The van der Waals surface area contributed by atoms with E-state index in [1.54, 1.807) is 0 Å². The Bertz CT molecular complexity index is 527. The molecule has 0 spiro atoms. The lowest BCUT2D eigenvalue weighted by Crippen LogP contribution is -1.82. The Hall–Kier alpha value is -0.920. The van der Waals surface area contributed by atoms with Crippen LogP contribution in [0.25, 0.3) is 10.1 Å². The number of hydrogen-bond donors (Lipinski definition) is 0. The molecule has 4 heteroatoms. The molecule has 0 aliphatic rings. The minimum Gasteiger partial charge on any atom is -0.198 e. The SMILES string of the molecule is N#CCc1cc2sc(F)cc2cc1Br. The molecule has 0 aliphatic heterocycles. The predicted octanol–water partition coefficient (Wildman–Crippen LogP) is 3.87. The third kappa shape index (κ3) is 1.66. The van der Waals surface area contributed by atoms with Gasteiger partial charge in [0, 0.05) is 9.17 Å². The van der Waals surface area contributed by atoms with Gasteiger partial charge in [0.05, 0.1) is 12.5 Å². The van der Waals surface area contributed by atoms with Crippen LogP contribution in [-0.2, 0) is 6.42 Å². The quantitative estimate of drug-likeness (QED) is 0.771. The predicted molar refractivity (Wildman–Crippen MR) is 58.8 cm³/mol. The van der Waals surface area contributed by atoms with Crippen LogP contribution in [0.5, 0.6) is 0 Å². The average Bonchev–Trinajstić information content (AvgIpc) is 2.45. The van der Waals surface area contributed by atoms with Crippen LogP contribution < -0.4 is 0 Å². The summed E-state index contributed by atoms with van der Waals surface area (Å²) in [5.41, 5.74) is 0.904. The van der Waals surface area contributed by atoms with Crippen LogP contribution in [0.4, 0.5) is 4.39 Å². The van der Waals surface area contributed by atoms with Gasteiger partial charge in [0.15, 0.2) is 5.13 Å². The van der Waals surface area contributed by atoms with Crippen LogP contribution >= 0.6 is 27.3 Å². The number of fused-ring (bicyclic) bond motifs is 1. The Morgan fingerprint density at radius 3 is 2.93 bits per heavy atom. The summed E-state index contributed by atoms with van der Waals surface area (Å²) in [5, 5.41) is 9.26. The van der Waals surface area contributed by atoms with Gasteiger partial charge in [0.1, 0.15) is 0 Å². The molecule has 1 nitrogen and oxygen atoms in total. The van der Waals surface area contributed by atoms with Crippen molar-refractivity contribution in [1.29, 1.82) is 5.26 Å². The lowest BCUT2D eigenvalue weighted by molar-refractivity contribution is 0.658. The zero-order valence-electron chi connectivity index (χ0n) is 7.05. The van der Waals surface area contributed by atoms with Gasteiger partial charge < -0.3 is 0 Å². The molecule has 0 fully saturated rings. The molecule has 0 amide bonds. The zero-order chi connectivity index (χ0) is 10.1. The maximum atomic E-state index is 12.9. The summed E-state index contributed by atoms with van der Waals surface area (Å²) in [6, 6.07) is 7.28. The first kappa shape index (κ1) is 9.63. The van der Waals surface area contributed by atoms with Gasteiger partial charge in [-0.15, -0.1) is 11.3 Å². The van der Waals surface area contributed by atoms with Gasteiger partial charge in [-0.05, 0) is 29.1 Å². The minimum atomic E-state index is -0.194. The standard InChI is InChI=1S/C10H5BrFNS/c11-8-3-7-5-10(12)14-9(7)4-6(8)1-2-13/h3-5H,1H2. The highest BCUT2D eigenvalue weighted by Crippen LogP contribution is 2.30. The Morgan fingerprint density at radius 1 is 1.43 bits per heavy atom. The minimum absolute atomic E-state index is 0.194. The summed E-state index contributed by atoms with van der Waals surface area (Å²) in [4.78, 5) is 0. The van der Waals surface area contributed by atoms with Crippen molar-refractivity contribution in [2.24, 2.45) is 0 Å². The molecule has 0 saturated carbocycles. The maximum Gasteiger partial charge on any atom is 0.177 e. The maximum absolute atomic E-state index is 12.9. The van der Waals surface area contributed by atoms with E-state index in [1.807, 2.05) is 12.1 Å². The number of nitriles is 1. The summed E-state index contributed by atoms with van der Waals surface area (Å²) in [7, 11) is 0. The monoisotopic (exact) mass is 269 g/mol. The second kappa shape index (κ2) is 3.68. The van der Waals surface area contributed by atoms with E-state index in [0.29, 0.717) is 6.42 Å². The lowest BCUT2D eigenvalue weighted by Gasteiger charge is -1.98. The number of thiophene rings is 1. The Morgan fingerprint density at radius 2 is 2.21 bits per heavy atom. The second-order valence-corrected chi connectivity index (χ2v) is 4.76. The summed E-state index contributed by atoms with van der Waals surface area (Å²) in [5.74, 6) is 0. The van der Waals surface area contributed by atoms with Crippen LogP contribution in [0, 0.1) is 16.5 Å². The van der Waals surface area contributed by atoms with Crippen molar-refractivity contribution in [3.63, 3.8) is 0 Å². The summed E-state index contributed by atoms with van der Waals surface area (Å²) in [6.45, 7) is 0. The first-order chi connectivity index (χ1) is 6.70. The highest BCUT2D eigenvalue weighted by molar-refractivity contribution is 9.10. The van der Waals surface area contributed by atoms with Crippen LogP contribution in [-0.4, -0.2) is 0 Å². The molecule has 1 aromatic heterocycles. The normalized spacial score (nSPS) is 10.4. The van der Waals surface area contributed by atoms with Gasteiger partial charge in [-0.25, -0.2) is 0 Å². The number of halogens is 2. The first-order valence-electron chi connectivity index (χ1n) is 3.95. The molecular weight excluding hydrogens is 265 g/mol. The fourth-order valence-electron chi connectivity index (χ4n) is 1.29. The Balaban J connectivity index is 2.65.